The molecule has 25 heavy (non-hydrogen) atoms. The normalized spacial score (nSPS) is 22.1. The molecule has 0 spiro atoms. The van der Waals surface area contributed by atoms with Crippen LogP contribution >= 0.6 is 0 Å². The third-order valence-electron chi connectivity index (χ3n) is 4.35. The standard InChI is InChI=1S/C16H16N4O5/c1-4-25-16(23)12-11-13(20(17-12)18-24)15(22)19(14(11)21)10-6-5-8(2)9(3)7-10/h5-7,11,13H,4H2,1-3H3/t11-,13+/m0/s1. The van der Waals surface area contributed by atoms with E-state index in [2.05, 4.69) is 10.4 Å². The number of amides is 2. The highest BCUT2D eigenvalue weighted by atomic mass is 16.5. The molecule has 0 aromatic heterocycles. The molecule has 1 aromatic carbocycles. The number of fused-ring (bicyclic) bond motifs is 1. The van der Waals surface area contributed by atoms with E-state index in [1.165, 1.54) is 0 Å². The van der Waals surface area contributed by atoms with Crippen LogP contribution < -0.4 is 4.90 Å². The molecule has 3 rings (SSSR count). The summed E-state index contributed by atoms with van der Waals surface area (Å²) in [6.07, 6.45) is 0. The van der Waals surface area contributed by atoms with Gasteiger partial charge in [-0.05, 0) is 44.0 Å². The number of carbonyl (C=O) groups is 3. The number of anilines is 1. The number of hydrogen-bond donors (Lipinski definition) is 0. The van der Waals surface area contributed by atoms with Gasteiger partial charge < -0.3 is 4.74 Å². The quantitative estimate of drug-likeness (QED) is 0.459. The molecule has 1 fully saturated rings. The van der Waals surface area contributed by atoms with Crippen LogP contribution in [0.5, 0.6) is 0 Å². The first kappa shape index (κ1) is 16.7. The summed E-state index contributed by atoms with van der Waals surface area (Å²) >= 11 is 0. The molecule has 0 aliphatic carbocycles. The van der Waals surface area contributed by atoms with Gasteiger partial charge in [0.1, 0.15) is 5.92 Å². The number of aryl methyl sites for hydroxylation is 2. The van der Waals surface area contributed by atoms with Crippen LogP contribution in [0.1, 0.15) is 18.1 Å². The first-order valence-corrected chi connectivity index (χ1v) is 7.73. The van der Waals surface area contributed by atoms with E-state index in [0.717, 1.165) is 16.0 Å². The van der Waals surface area contributed by atoms with Crippen molar-refractivity contribution >= 4 is 29.2 Å². The van der Waals surface area contributed by atoms with Gasteiger partial charge in [-0.2, -0.15) is 0 Å². The van der Waals surface area contributed by atoms with Gasteiger partial charge in [-0.15, -0.1) is 15.1 Å². The van der Waals surface area contributed by atoms with Crippen LogP contribution in [-0.4, -0.2) is 41.3 Å². The van der Waals surface area contributed by atoms with Gasteiger partial charge in [-0.3, -0.25) is 9.59 Å². The minimum absolute atomic E-state index is 0.0762. The molecular weight excluding hydrogens is 328 g/mol. The molecule has 0 unspecified atom stereocenters. The molecule has 2 amide bonds. The third kappa shape index (κ3) is 2.48. The van der Waals surface area contributed by atoms with E-state index >= 15 is 0 Å². The van der Waals surface area contributed by atoms with E-state index in [1.807, 2.05) is 13.8 Å². The van der Waals surface area contributed by atoms with Crippen LogP contribution in [0.25, 0.3) is 0 Å². The van der Waals surface area contributed by atoms with E-state index < -0.39 is 29.7 Å². The maximum atomic E-state index is 12.8. The lowest BCUT2D eigenvalue weighted by Gasteiger charge is -2.17. The van der Waals surface area contributed by atoms with Crippen LogP contribution in [0.3, 0.4) is 0 Å². The van der Waals surface area contributed by atoms with Crippen LogP contribution in [0.4, 0.5) is 5.69 Å². The van der Waals surface area contributed by atoms with Crippen molar-refractivity contribution in [1.82, 2.24) is 5.12 Å². The van der Waals surface area contributed by atoms with Crippen LogP contribution in [-0.2, 0) is 19.1 Å². The van der Waals surface area contributed by atoms with Gasteiger partial charge in [-0.25, -0.2) is 9.69 Å². The second kappa shape index (κ2) is 6.08. The average molecular weight is 344 g/mol. The van der Waals surface area contributed by atoms with Gasteiger partial charge in [0.05, 0.1) is 17.6 Å². The predicted octanol–water partition coefficient (Wildman–Crippen LogP) is 1.08. The Bertz CT molecular complexity index is 819. The van der Waals surface area contributed by atoms with E-state index in [9.17, 15) is 19.3 Å². The zero-order valence-corrected chi connectivity index (χ0v) is 13.9. The molecule has 1 saturated heterocycles. The number of hydrazone groups is 1. The summed E-state index contributed by atoms with van der Waals surface area (Å²) in [5.41, 5.74) is 2.01. The highest BCUT2D eigenvalue weighted by molar-refractivity contribution is 6.46. The SMILES string of the molecule is CCOC(=O)C1=NN(N=O)[C@H]2C(=O)N(c3ccc(C)c(C)c3)C(=O)[C@@H]12. The van der Waals surface area contributed by atoms with Gasteiger partial charge in [0.15, 0.2) is 11.8 Å². The second-order valence-electron chi connectivity index (χ2n) is 5.81. The lowest BCUT2D eigenvalue weighted by molar-refractivity contribution is -0.136. The number of ether oxygens (including phenoxy) is 1. The molecule has 1 aromatic rings. The third-order valence-corrected chi connectivity index (χ3v) is 4.35. The van der Waals surface area contributed by atoms with Gasteiger partial charge in [-0.1, -0.05) is 6.07 Å². The molecule has 9 nitrogen and oxygen atoms in total. The number of nitrogens with zero attached hydrogens (tertiary/aromatic N) is 4. The Balaban J connectivity index is 2.02. The van der Waals surface area contributed by atoms with E-state index in [1.54, 1.807) is 25.1 Å². The molecule has 2 aliphatic rings. The topological polar surface area (TPSA) is 109 Å². The molecule has 0 N–H and O–H groups in total. The van der Waals surface area contributed by atoms with Crippen molar-refractivity contribution in [3.8, 4) is 0 Å². The average Bonchev–Trinajstić information content (AvgIpc) is 3.08. The summed E-state index contributed by atoms with van der Waals surface area (Å²) in [6, 6.07) is 3.87. The van der Waals surface area contributed by atoms with Crippen LogP contribution in [0.15, 0.2) is 28.6 Å². The fourth-order valence-corrected chi connectivity index (χ4v) is 2.95. The Kier molecular flexibility index (Phi) is 4.07. The highest BCUT2D eigenvalue weighted by Crippen LogP contribution is 2.36. The first-order chi connectivity index (χ1) is 11.9. The maximum Gasteiger partial charge on any atom is 0.355 e. The number of nitroso groups, excluding NO2 is 1. The van der Waals surface area contributed by atoms with Gasteiger partial charge in [0.2, 0.25) is 5.91 Å². The number of carbonyl (C=O) groups excluding carboxylic acids is 3. The molecule has 0 radical (unpaired) electrons. The zero-order chi connectivity index (χ0) is 18.3. The second-order valence-corrected chi connectivity index (χ2v) is 5.81. The summed E-state index contributed by atoms with van der Waals surface area (Å²) in [5, 5.41) is 6.92. The minimum Gasteiger partial charge on any atom is -0.461 e. The lowest BCUT2D eigenvalue weighted by Crippen LogP contribution is -2.36. The maximum absolute atomic E-state index is 12.8. The zero-order valence-electron chi connectivity index (χ0n) is 13.9. The molecule has 0 bridgehead atoms. The number of benzene rings is 1. The summed E-state index contributed by atoms with van der Waals surface area (Å²) in [6.45, 7) is 5.44. The molecule has 2 aliphatic heterocycles. The van der Waals surface area contributed by atoms with Crippen LogP contribution in [0.2, 0.25) is 0 Å². The molecular formula is C16H16N4O5. The first-order valence-electron chi connectivity index (χ1n) is 7.73. The summed E-state index contributed by atoms with van der Waals surface area (Å²) in [4.78, 5) is 49.6. The van der Waals surface area contributed by atoms with Crippen molar-refractivity contribution in [2.45, 2.75) is 26.8 Å². The lowest BCUT2D eigenvalue weighted by atomic mass is 9.98. The van der Waals surface area contributed by atoms with Gasteiger partial charge in [0.25, 0.3) is 5.91 Å². The monoisotopic (exact) mass is 344 g/mol. The van der Waals surface area contributed by atoms with E-state index in [4.69, 9.17) is 4.74 Å². The fourth-order valence-electron chi connectivity index (χ4n) is 2.95. The van der Waals surface area contributed by atoms with Crippen molar-refractivity contribution in [3.05, 3.63) is 34.2 Å². The number of hydrogen-bond acceptors (Lipinski definition) is 7. The van der Waals surface area contributed by atoms with Crippen molar-refractivity contribution in [2.24, 2.45) is 16.3 Å². The van der Waals surface area contributed by atoms with E-state index in [0.29, 0.717) is 10.8 Å². The Labute approximate surface area is 143 Å². The molecule has 2 heterocycles. The minimum atomic E-state index is -1.26. The van der Waals surface area contributed by atoms with Crippen molar-refractivity contribution in [1.29, 1.82) is 0 Å². The highest BCUT2D eigenvalue weighted by Gasteiger charge is 2.59. The van der Waals surface area contributed by atoms with Gasteiger partial charge in [0, 0.05) is 0 Å². The molecule has 9 heteroatoms. The molecule has 0 saturated carbocycles. The number of esters is 1. The fraction of sp³-hybridized carbons (Fsp3) is 0.375. The van der Waals surface area contributed by atoms with Crippen LogP contribution in [0, 0.1) is 24.7 Å². The van der Waals surface area contributed by atoms with Crippen molar-refractivity contribution < 1.29 is 19.1 Å². The Morgan fingerprint density at radius 3 is 2.56 bits per heavy atom. The Morgan fingerprint density at radius 2 is 1.96 bits per heavy atom. The van der Waals surface area contributed by atoms with Crippen molar-refractivity contribution in [3.63, 3.8) is 0 Å². The smallest absolute Gasteiger partial charge is 0.355 e. The molecule has 130 valence electrons. The van der Waals surface area contributed by atoms with Gasteiger partial charge >= 0.3 is 5.97 Å². The van der Waals surface area contributed by atoms with Crippen molar-refractivity contribution in [2.75, 3.05) is 11.5 Å². The summed E-state index contributed by atoms with van der Waals surface area (Å²) < 4.78 is 4.86. The Morgan fingerprint density at radius 1 is 1.24 bits per heavy atom. The number of rotatable bonds is 4. The summed E-state index contributed by atoms with van der Waals surface area (Å²) in [7, 11) is 0. The largest absolute Gasteiger partial charge is 0.461 e. The number of imide groups is 1. The summed E-state index contributed by atoms with van der Waals surface area (Å²) in [5.74, 6) is -3.32. The predicted molar refractivity (Wildman–Crippen MR) is 87.4 cm³/mol. The molecule has 2 atom stereocenters. The Hall–Kier alpha value is -3.10. The van der Waals surface area contributed by atoms with E-state index in [-0.39, 0.29) is 12.3 Å².